The summed E-state index contributed by atoms with van der Waals surface area (Å²) >= 11 is 0. The van der Waals surface area contributed by atoms with Gasteiger partial charge in [-0.05, 0) is 6.42 Å². The van der Waals surface area contributed by atoms with E-state index in [9.17, 15) is 18.7 Å². The minimum absolute atomic E-state index is 0.0809. The molecule has 1 atom stereocenters. The Morgan fingerprint density at radius 3 is 2.44 bits per heavy atom. The highest BCUT2D eigenvalue weighted by Crippen LogP contribution is 2.26. The third-order valence-corrected chi connectivity index (χ3v) is 2.32. The highest BCUT2D eigenvalue weighted by molar-refractivity contribution is 6.01. The van der Waals surface area contributed by atoms with E-state index < -0.39 is 17.8 Å². The van der Waals surface area contributed by atoms with Crippen molar-refractivity contribution in [1.82, 2.24) is 0 Å². The molecule has 1 unspecified atom stereocenters. The van der Waals surface area contributed by atoms with Crippen molar-refractivity contribution in [3.63, 3.8) is 0 Å². The van der Waals surface area contributed by atoms with Crippen LogP contribution < -0.4 is 0 Å². The molecular weight excluding hydrogens is 214 g/mol. The fourth-order valence-electron chi connectivity index (χ4n) is 1.39. The topological polar surface area (TPSA) is 37.3 Å². The number of hydrogen-bond donors (Lipinski definition) is 1. The van der Waals surface area contributed by atoms with Crippen molar-refractivity contribution in [2.75, 3.05) is 0 Å². The summed E-state index contributed by atoms with van der Waals surface area (Å²) < 4.78 is 27.0. The number of carbonyl (C=O) groups is 1. The van der Waals surface area contributed by atoms with Crippen LogP contribution in [-0.2, 0) is 0 Å². The number of hydrogen-bond acceptors (Lipinski definition) is 2. The number of rotatable bonds is 5. The van der Waals surface area contributed by atoms with Crippen molar-refractivity contribution in [3.05, 3.63) is 35.9 Å². The van der Waals surface area contributed by atoms with E-state index in [-0.39, 0.29) is 12.0 Å². The summed E-state index contributed by atoms with van der Waals surface area (Å²) in [5.41, 5.74) is -0.0809. The van der Waals surface area contributed by atoms with E-state index in [2.05, 4.69) is 0 Å². The van der Waals surface area contributed by atoms with E-state index in [1.165, 1.54) is 24.3 Å². The fraction of sp³-hybridized carbons (Fsp3) is 0.417. The van der Waals surface area contributed by atoms with E-state index in [0.29, 0.717) is 6.42 Å². The van der Waals surface area contributed by atoms with Crippen molar-refractivity contribution in [2.24, 2.45) is 0 Å². The molecule has 0 aromatic heterocycles. The first kappa shape index (κ1) is 12.8. The quantitative estimate of drug-likeness (QED) is 0.787. The van der Waals surface area contributed by atoms with Crippen LogP contribution in [0.5, 0.6) is 0 Å². The van der Waals surface area contributed by atoms with Gasteiger partial charge in [-0.15, -0.1) is 0 Å². The first-order chi connectivity index (χ1) is 7.50. The molecule has 0 fully saturated rings. The zero-order valence-electron chi connectivity index (χ0n) is 8.99. The van der Waals surface area contributed by atoms with Crippen LogP contribution in [0, 0.1) is 0 Å². The first-order valence-electron chi connectivity index (χ1n) is 5.16. The predicted octanol–water partition coefficient (Wildman–Crippen LogP) is 2.67. The van der Waals surface area contributed by atoms with Gasteiger partial charge in [0.2, 0.25) is 5.78 Å². The average Bonchev–Trinajstić information content (AvgIpc) is 2.29. The Morgan fingerprint density at radius 1 is 1.38 bits per heavy atom. The molecule has 88 valence electrons. The molecule has 0 amide bonds. The van der Waals surface area contributed by atoms with Crippen molar-refractivity contribution >= 4 is 5.78 Å². The lowest BCUT2D eigenvalue weighted by atomic mass is 9.99. The lowest BCUT2D eigenvalue weighted by Crippen LogP contribution is -2.41. The summed E-state index contributed by atoms with van der Waals surface area (Å²) in [6, 6.07) is 7.28. The van der Waals surface area contributed by atoms with E-state index in [1.807, 2.05) is 0 Å². The molecule has 0 aliphatic heterocycles. The maximum Gasteiger partial charge on any atom is 0.334 e. The average molecular weight is 228 g/mol. The van der Waals surface area contributed by atoms with E-state index >= 15 is 0 Å². The van der Waals surface area contributed by atoms with Gasteiger partial charge in [0, 0.05) is 5.56 Å². The highest BCUT2D eigenvalue weighted by atomic mass is 19.3. The summed E-state index contributed by atoms with van der Waals surface area (Å²) in [6.07, 6.45) is -1.60. The Labute approximate surface area is 92.9 Å². The zero-order chi connectivity index (χ0) is 12.2. The maximum absolute atomic E-state index is 13.5. The molecule has 0 saturated carbocycles. The van der Waals surface area contributed by atoms with Gasteiger partial charge in [-0.1, -0.05) is 43.7 Å². The van der Waals surface area contributed by atoms with Crippen molar-refractivity contribution in [1.29, 1.82) is 0 Å². The summed E-state index contributed by atoms with van der Waals surface area (Å²) in [6.45, 7) is 1.67. The van der Waals surface area contributed by atoms with Crippen LogP contribution in [0.2, 0.25) is 0 Å². The van der Waals surface area contributed by atoms with Crippen molar-refractivity contribution in [3.8, 4) is 0 Å². The summed E-state index contributed by atoms with van der Waals surface area (Å²) in [4.78, 5) is 11.5. The number of halogens is 2. The van der Waals surface area contributed by atoms with Crippen LogP contribution in [-0.4, -0.2) is 22.9 Å². The van der Waals surface area contributed by atoms with Crippen LogP contribution in [0.4, 0.5) is 8.78 Å². The lowest BCUT2D eigenvalue weighted by Gasteiger charge is -2.20. The second kappa shape index (κ2) is 5.16. The van der Waals surface area contributed by atoms with Gasteiger partial charge in [0.15, 0.2) is 0 Å². The van der Waals surface area contributed by atoms with Crippen LogP contribution in [0.1, 0.15) is 30.1 Å². The van der Waals surface area contributed by atoms with Gasteiger partial charge in [0.25, 0.3) is 0 Å². The molecule has 0 spiro atoms. The monoisotopic (exact) mass is 228 g/mol. The normalized spacial score (nSPS) is 13.5. The van der Waals surface area contributed by atoms with E-state index in [1.54, 1.807) is 13.0 Å². The number of aliphatic hydroxyl groups is 1. The Morgan fingerprint density at radius 2 is 1.94 bits per heavy atom. The number of ketones is 1. The van der Waals surface area contributed by atoms with Crippen LogP contribution in [0.3, 0.4) is 0 Å². The Balaban J connectivity index is 2.88. The van der Waals surface area contributed by atoms with Gasteiger partial charge in [0.1, 0.15) is 6.10 Å². The smallest absolute Gasteiger partial charge is 0.334 e. The largest absolute Gasteiger partial charge is 0.386 e. The summed E-state index contributed by atoms with van der Waals surface area (Å²) in [7, 11) is 0. The predicted molar refractivity (Wildman–Crippen MR) is 56.6 cm³/mol. The number of aliphatic hydroxyl groups excluding tert-OH is 1. The van der Waals surface area contributed by atoms with Crippen LogP contribution in [0.25, 0.3) is 0 Å². The molecule has 0 heterocycles. The van der Waals surface area contributed by atoms with Crippen molar-refractivity contribution in [2.45, 2.75) is 31.8 Å². The molecule has 0 aliphatic rings. The molecule has 1 aromatic rings. The highest BCUT2D eigenvalue weighted by Gasteiger charge is 2.45. The third kappa shape index (κ3) is 2.64. The van der Waals surface area contributed by atoms with Gasteiger partial charge >= 0.3 is 5.92 Å². The first-order valence-corrected chi connectivity index (χ1v) is 5.16. The summed E-state index contributed by atoms with van der Waals surface area (Å²) in [5.74, 6) is -5.04. The molecule has 4 heteroatoms. The van der Waals surface area contributed by atoms with E-state index in [4.69, 9.17) is 0 Å². The third-order valence-electron chi connectivity index (χ3n) is 2.32. The second-order valence-electron chi connectivity index (χ2n) is 3.62. The molecular formula is C12H14F2O2. The maximum atomic E-state index is 13.5. The Hall–Kier alpha value is -1.29. The van der Waals surface area contributed by atoms with Crippen LogP contribution in [0.15, 0.2) is 30.3 Å². The van der Waals surface area contributed by atoms with Gasteiger partial charge < -0.3 is 5.11 Å². The lowest BCUT2D eigenvalue weighted by molar-refractivity contribution is -0.0800. The Kier molecular flexibility index (Phi) is 4.12. The summed E-state index contributed by atoms with van der Waals surface area (Å²) in [5, 5.41) is 9.24. The molecule has 0 aliphatic carbocycles. The second-order valence-corrected chi connectivity index (χ2v) is 3.62. The number of carbonyl (C=O) groups excluding carboxylic acids is 1. The minimum Gasteiger partial charge on any atom is -0.386 e. The minimum atomic E-state index is -3.71. The number of alkyl halides is 2. The Bertz CT molecular complexity index is 349. The molecule has 1 aromatic carbocycles. The molecule has 0 bridgehead atoms. The van der Waals surface area contributed by atoms with Crippen LogP contribution >= 0.6 is 0 Å². The van der Waals surface area contributed by atoms with Crippen molar-refractivity contribution < 1.29 is 18.7 Å². The molecule has 0 saturated heterocycles. The number of benzene rings is 1. The van der Waals surface area contributed by atoms with Gasteiger partial charge in [0.05, 0.1) is 0 Å². The number of Topliss-reactive ketones (excluding diaryl/α,β-unsaturated/α-hetero) is 1. The SMILES string of the molecule is CCCC(O)C(F)(F)C(=O)c1ccccc1. The molecule has 16 heavy (non-hydrogen) atoms. The standard InChI is InChI=1S/C12H14F2O2/c1-2-6-10(15)12(13,14)11(16)9-7-4-3-5-8-9/h3-5,7-8,10,15H,2,6H2,1H3. The fourth-order valence-corrected chi connectivity index (χ4v) is 1.39. The van der Waals surface area contributed by atoms with Gasteiger partial charge in [-0.2, -0.15) is 8.78 Å². The van der Waals surface area contributed by atoms with Gasteiger partial charge in [-0.3, -0.25) is 4.79 Å². The molecule has 1 rings (SSSR count). The zero-order valence-corrected chi connectivity index (χ0v) is 8.99. The van der Waals surface area contributed by atoms with Gasteiger partial charge in [-0.25, -0.2) is 0 Å². The molecule has 2 nitrogen and oxygen atoms in total. The molecule has 0 radical (unpaired) electrons. The van der Waals surface area contributed by atoms with E-state index in [0.717, 1.165) is 0 Å². The molecule has 1 N–H and O–H groups in total.